The number of carboxylic acid groups (broad SMARTS) is 1. The van der Waals surface area contributed by atoms with Crippen molar-refractivity contribution in [3.8, 4) is 5.75 Å². The van der Waals surface area contributed by atoms with Crippen LogP contribution in [0.15, 0.2) is 34.9 Å². The van der Waals surface area contributed by atoms with Crippen molar-refractivity contribution in [2.75, 3.05) is 7.11 Å². The van der Waals surface area contributed by atoms with Gasteiger partial charge in [-0.15, -0.1) is 0 Å². The van der Waals surface area contributed by atoms with Crippen LogP contribution in [-0.4, -0.2) is 28.1 Å². The molecule has 118 valence electrons. The molecular formula is C15H11BrN2O5. The molecular weight excluding hydrogens is 368 g/mol. The lowest BCUT2D eigenvalue weighted by Gasteiger charge is -2.05. The van der Waals surface area contributed by atoms with E-state index < -0.39 is 10.9 Å². The largest absolute Gasteiger partial charge is 0.496 e. The van der Waals surface area contributed by atoms with E-state index in [-0.39, 0.29) is 16.9 Å². The van der Waals surface area contributed by atoms with Gasteiger partial charge in [-0.3, -0.25) is 10.1 Å². The molecule has 0 aliphatic rings. The predicted molar refractivity (Wildman–Crippen MR) is 87.5 cm³/mol. The van der Waals surface area contributed by atoms with E-state index in [4.69, 9.17) is 4.74 Å². The van der Waals surface area contributed by atoms with Crippen LogP contribution in [0.4, 0.5) is 5.69 Å². The van der Waals surface area contributed by atoms with Gasteiger partial charge in [0, 0.05) is 16.1 Å². The first-order valence-electron chi connectivity index (χ1n) is 6.31. The van der Waals surface area contributed by atoms with Crippen molar-refractivity contribution >= 4 is 39.7 Å². The Morgan fingerprint density at radius 1 is 1.39 bits per heavy atom. The van der Waals surface area contributed by atoms with E-state index in [1.165, 1.54) is 13.2 Å². The third kappa shape index (κ3) is 3.92. The van der Waals surface area contributed by atoms with Crippen LogP contribution >= 0.6 is 15.9 Å². The van der Waals surface area contributed by atoms with E-state index in [1.807, 2.05) is 6.07 Å². The molecule has 0 amide bonds. The molecule has 1 heterocycles. The zero-order chi connectivity index (χ0) is 17.0. The number of nitrogens with zero attached hydrogens (tertiary/aromatic N) is 2. The molecule has 0 spiro atoms. The van der Waals surface area contributed by atoms with Gasteiger partial charge >= 0.3 is 5.97 Å². The molecule has 1 aromatic carbocycles. The zero-order valence-electron chi connectivity index (χ0n) is 11.9. The molecule has 0 atom stereocenters. The van der Waals surface area contributed by atoms with Crippen LogP contribution in [0.1, 0.15) is 21.6 Å². The summed E-state index contributed by atoms with van der Waals surface area (Å²) in [6.45, 7) is 0. The number of halogens is 1. The summed E-state index contributed by atoms with van der Waals surface area (Å²) in [5.41, 5.74) is 0.201. The van der Waals surface area contributed by atoms with Crippen molar-refractivity contribution in [2.45, 2.75) is 0 Å². The summed E-state index contributed by atoms with van der Waals surface area (Å²) in [5, 5.41) is 19.9. The van der Waals surface area contributed by atoms with Crippen molar-refractivity contribution in [2.24, 2.45) is 0 Å². The van der Waals surface area contributed by atoms with Gasteiger partial charge in [-0.2, -0.15) is 0 Å². The molecule has 0 aliphatic carbocycles. The fourth-order valence-electron chi connectivity index (χ4n) is 1.87. The number of benzene rings is 1. The SMILES string of the molecule is COc1ccc(Br)cc1/C=C/c1ncc([N+](=O)[O-])cc1C(=O)O. The number of pyridine rings is 1. The second-order valence-electron chi connectivity index (χ2n) is 4.41. The third-order valence-corrected chi connectivity index (χ3v) is 3.45. The Bertz CT molecular complexity index is 804. The maximum absolute atomic E-state index is 11.3. The van der Waals surface area contributed by atoms with Crippen LogP contribution in [-0.2, 0) is 0 Å². The molecule has 23 heavy (non-hydrogen) atoms. The minimum absolute atomic E-state index is 0.116. The summed E-state index contributed by atoms with van der Waals surface area (Å²) in [6, 6.07) is 6.34. The topological polar surface area (TPSA) is 103 Å². The number of carbonyl (C=O) groups is 1. The quantitative estimate of drug-likeness (QED) is 0.629. The van der Waals surface area contributed by atoms with Crippen LogP contribution in [0.5, 0.6) is 5.75 Å². The van der Waals surface area contributed by atoms with Gasteiger partial charge in [0.1, 0.15) is 11.9 Å². The first-order valence-corrected chi connectivity index (χ1v) is 7.11. The summed E-state index contributed by atoms with van der Waals surface area (Å²) in [5.74, 6) is -0.690. The fourth-order valence-corrected chi connectivity index (χ4v) is 2.25. The summed E-state index contributed by atoms with van der Waals surface area (Å²) in [7, 11) is 1.52. The van der Waals surface area contributed by atoms with Gasteiger partial charge in [0.15, 0.2) is 0 Å². The Morgan fingerprint density at radius 2 is 2.13 bits per heavy atom. The van der Waals surface area contributed by atoms with Crippen molar-refractivity contribution < 1.29 is 19.6 Å². The number of hydrogen-bond acceptors (Lipinski definition) is 5. The lowest BCUT2D eigenvalue weighted by molar-refractivity contribution is -0.385. The minimum atomic E-state index is -1.29. The second kappa shape index (κ2) is 7.01. The van der Waals surface area contributed by atoms with Crippen LogP contribution < -0.4 is 4.74 Å². The highest BCUT2D eigenvalue weighted by Gasteiger charge is 2.16. The van der Waals surface area contributed by atoms with E-state index in [0.717, 1.165) is 16.7 Å². The highest BCUT2D eigenvalue weighted by molar-refractivity contribution is 9.10. The normalized spacial score (nSPS) is 10.7. The van der Waals surface area contributed by atoms with Crippen LogP contribution in [0.3, 0.4) is 0 Å². The van der Waals surface area contributed by atoms with E-state index in [0.29, 0.717) is 11.3 Å². The number of methoxy groups -OCH3 is 1. The smallest absolute Gasteiger partial charge is 0.338 e. The van der Waals surface area contributed by atoms with Gasteiger partial charge in [-0.05, 0) is 30.4 Å². The van der Waals surface area contributed by atoms with Crippen molar-refractivity contribution in [1.82, 2.24) is 4.98 Å². The molecule has 0 bridgehead atoms. The van der Waals surface area contributed by atoms with E-state index in [1.54, 1.807) is 18.2 Å². The van der Waals surface area contributed by atoms with E-state index >= 15 is 0 Å². The molecule has 0 aliphatic heterocycles. The van der Waals surface area contributed by atoms with Crippen LogP contribution in [0, 0.1) is 10.1 Å². The van der Waals surface area contributed by atoms with Crippen molar-refractivity contribution in [1.29, 1.82) is 0 Å². The van der Waals surface area contributed by atoms with Crippen molar-refractivity contribution in [3.63, 3.8) is 0 Å². The molecule has 2 rings (SSSR count). The Labute approximate surface area is 139 Å². The molecule has 0 saturated heterocycles. The maximum Gasteiger partial charge on any atom is 0.338 e. The van der Waals surface area contributed by atoms with E-state index in [2.05, 4.69) is 20.9 Å². The van der Waals surface area contributed by atoms with Gasteiger partial charge in [0.25, 0.3) is 5.69 Å². The summed E-state index contributed by atoms with van der Waals surface area (Å²) in [6.07, 6.45) is 4.12. The predicted octanol–water partition coefficient (Wildman–Crippen LogP) is 3.63. The lowest BCUT2D eigenvalue weighted by Crippen LogP contribution is -2.03. The Balaban J connectivity index is 2.45. The standard InChI is InChI=1S/C15H11BrN2O5/c1-23-14-5-3-10(16)6-9(14)2-4-13-12(15(19)20)7-11(8-17-13)18(21)22/h2-8H,1H3,(H,19,20)/b4-2+. The number of hydrogen-bond donors (Lipinski definition) is 1. The summed E-state index contributed by atoms with van der Waals surface area (Å²) in [4.78, 5) is 25.1. The number of aromatic nitrogens is 1. The molecule has 1 aromatic heterocycles. The molecule has 7 nitrogen and oxygen atoms in total. The second-order valence-corrected chi connectivity index (χ2v) is 5.32. The summed E-state index contributed by atoms with van der Waals surface area (Å²) < 4.78 is 6.05. The Morgan fingerprint density at radius 3 is 2.74 bits per heavy atom. The van der Waals surface area contributed by atoms with Gasteiger partial charge in [-0.25, -0.2) is 9.78 Å². The number of aromatic carboxylic acids is 1. The zero-order valence-corrected chi connectivity index (χ0v) is 13.5. The molecule has 0 saturated carbocycles. The highest BCUT2D eigenvalue weighted by atomic mass is 79.9. The average molecular weight is 379 g/mol. The monoisotopic (exact) mass is 378 g/mol. The average Bonchev–Trinajstić information content (AvgIpc) is 2.52. The van der Waals surface area contributed by atoms with Gasteiger partial charge in [-0.1, -0.05) is 15.9 Å². The van der Waals surface area contributed by atoms with Crippen molar-refractivity contribution in [3.05, 3.63) is 61.9 Å². The van der Waals surface area contributed by atoms with Gasteiger partial charge < -0.3 is 9.84 Å². The Hall–Kier alpha value is -2.74. The highest BCUT2D eigenvalue weighted by Crippen LogP contribution is 2.25. The molecule has 0 unspecified atom stereocenters. The molecule has 0 radical (unpaired) electrons. The minimum Gasteiger partial charge on any atom is -0.496 e. The first kappa shape index (κ1) is 16.6. The number of carboxylic acids is 1. The van der Waals surface area contributed by atoms with E-state index in [9.17, 15) is 20.0 Å². The fraction of sp³-hybridized carbons (Fsp3) is 0.0667. The molecule has 2 aromatic rings. The first-order chi connectivity index (χ1) is 10.9. The lowest BCUT2D eigenvalue weighted by atomic mass is 10.1. The number of ether oxygens (including phenoxy) is 1. The third-order valence-electron chi connectivity index (χ3n) is 2.96. The van der Waals surface area contributed by atoms with Gasteiger partial charge in [0.2, 0.25) is 0 Å². The van der Waals surface area contributed by atoms with Crippen LogP contribution in [0.25, 0.3) is 12.2 Å². The molecule has 0 fully saturated rings. The summed E-state index contributed by atoms with van der Waals surface area (Å²) >= 11 is 3.34. The number of nitro groups is 1. The van der Waals surface area contributed by atoms with Crippen LogP contribution in [0.2, 0.25) is 0 Å². The molecule has 1 N–H and O–H groups in total. The number of rotatable bonds is 5. The molecule has 8 heteroatoms. The maximum atomic E-state index is 11.3. The Kier molecular flexibility index (Phi) is 5.07. The van der Waals surface area contributed by atoms with Gasteiger partial charge in [0.05, 0.1) is 23.3 Å².